The number of esters is 1. The molecule has 5 nitrogen and oxygen atoms in total. The van der Waals surface area contributed by atoms with Crippen LogP contribution in [0.3, 0.4) is 0 Å². The number of aryl methyl sites for hydroxylation is 1. The number of hydrogen-bond donors (Lipinski definition) is 1. The van der Waals surface area contributed by atoms with Crippen LogP contribution in [0.1, 0.15) is 34.8 Å². The maximum absolute atomic E-state index is 11.4. The average molecular weight is 280 g/mol. The van der Waals surface area contributed by atoms with Gasteiger partial charge < -0.3 is 14.5 Å². The van der Waals surface area contributed by atoms with Gasteiger partial charge in [-0.3, -0.25) is 0 Å². The van der Waals surface area contributed by atoms with Crippen LogP contribution in [-0.4, -0.2) is 17.6 Å². The van der Waals surface area contributed by atoms with Gasteiger partial charge in [0.25, 0.3) is 6.01 Å². The number of aromatic nitrogens is 1. The van der Waals surface area contributed by atoms with Crippen LogP contribution in [0, 0.1) is 0 Å². The van der Waals surface area contributed by atoms with Crippen LogP contribution in [0.2, 0.25) is 0 Å². The fraction of sp³-hybridized carbons (Fsp3) is 0.385. The van der Waals surface area contributed by atoms with Crippen molar-refractivity contribution in [1.82, 2.24) is 4.98 Å². The van der Waals surface area contributed by atoms with Crippen molar-refractivity contribution in [2.45, 2.75) is 26.8 Å². The summed E-state index contributed by atoms with van der Waals surface area (Å²) < 4.78 is 10.0. The van der Waals surface area contributed by atoms with Crippen LogP contribution >= 0.6 is 11.3 Å². The summed E-state index contributed by atoms with van der Waals surface area (Å²) in [6.45, 7) is 4.84. The summed E-state index contributed by atoms with van der Waals surface area (Å²) in [5.74, 6) is -0.468. The Hall–Kier alpha value is -1.82. The molecule has 0 spiro atoms. The molecule has 2 aromatic heterocycles. The molecule has 0 saturated carbocycles. The SMILES string of the molecule is CCOC(=O)c1coc(NCc2sccc2CC)n1. The zero-order valence-corrected chi connectivity index (χ0v) is 11.8. The number of carbonyl (C=O) groups is 1. The van der Waals surface area contributed by atoms with E-state index in [0.29, 0.717) is 19.2 Å². The third kappa shape index (κ3) is 3.35. The van der Waals surface area contributed by atoms with Crippen LogP contribution in [0.25, 0.3) is 0 Å². The lowest BCUT2D eigenvalue weighted by Crippen LogP contribution is -2.05. The number of oxazole rings is 1. The number of hydrogen-bond acceptors (Lipinski definition) is 6. The predicted molar refractivity (Wildman–Crippen MR) is 73.5 cm³/mol. The number of ether oxygens (including phenoxy) is 1. The topological polar surface area (TPSA) is 64.4 Å². The highest BCUT2D eigenvalue weighted by atomic mass is 32.1. The number of nitrogens with one attached hydrogen (secondary N) is 1. The van der Waals surface area contributed by atoms with E-state index in [1.165, 1.54) is 16.7 Å². The first-order valence-electron chi connectivity index (χ1n) is 6.16. The first-order chi connectivity index (χ1) is 9.24. The number of rotatable bonds is 6. The summed E-state index contributed by atoms with van der Waals surface area (Å²) in [7, 11) is 0. The van der Waals surface area contributed by atoms with Crippen molar-refractivity contribution >= 4 is 23.3 Å². The lowest BCUT2D eigenvalue weighted by atomic mass is 10.2. The Balaban J connectivity index is 1.95. The Kier molecular flexibility index (Phi) is 4.57. The molecule has 0 saturated heterocycles. The molecule has 0 aliphatic rings. The molecule has 102 valence electrons. The van der Waals surface area contributed by atoms with Gasteiger partial charge in [0, 0.05) is 4.88 Å². The molecular weight excluding hydrogens is 264 g/mol. The minimum Gasteiger partial charge on any atom is -0.461 e. The number of thiophene rings is 1. The van der Waals surface area contributed by atoms with E-state index in [4.69, 9.17) is 9.15 Å². The van der Waals surface area contributed by atoms with Crippen molar-refractivity contribution in [3.8, 4) is 0 Å². The second-order valence-corrected chi connectivity index (χ2v) is 4.84. The zero-order chi connectivity index (χ0) is 13.7. The summed E-state index contributed by atoms with van der Waals surface area (Å²) >= 11 is 1.69. The molecule has 2 heterocycles. The maximum Gasteiger partial charge on any atom is 0.360 e. The fourth-order valence-corrected chi connectivity index (χ4v) is 2.56. The van der Waals surface area contributed by atoms with Gasteiger partial charge in [0.2, 0.25) is 0 Å². The molecule has 0 aliphatic carbocycles. The highest BCUT2D eigenvalue weighted by Crippen LogP contribution is 2.19. The molecule has 0 fully saturated rings. The largest absolute Gasteiger partial charge is 0.461 e. The van der Waals surface area contributed by atoms with Crippen LogP contribution in [0.5, 0.6) is 0 Å². The minimum atomic E-state index is -0.468. The van der Waals surface area contributed by atoms with Crippen molar-refractivity contribution < 1.29 is 13.9 Å². The van der Waals surface area contributed by atoms with Crippen molar-refractivity contribution in [2.24, 2.45) is 0 Å². The monoisotopic (exact) mass is 280 g/mol. The Labute approximate surface area is 115 Å². The summed E-state index contributed by atoms with van der Waals surface area (Å²) in [5, 5.41) is 5.13. The van der Waals surface area contributed by atoms with Gasteiger partial charge >= 0.3 is 5.97 Å². The first kappa shape index (κ1) is 13.6. The molecule has 6 heteroatoms. The maximum atomic E-state index is 11.4. The van der Waals surface area contributed by atoms with Gasteiger partial charge in [0.15, 0.2) is 5.69 Å². The van der Waals surface area contributed by atoms with Gasteiger partial charge in [-0.15, -0.1) is 11.3 Å². The number of nitrogens with zero attached hydrogens (tertiary/aromatic N) is 1. The minimum absolute atomic E-state index is 0.186. The van der Waals surface area contributed by atoms with Crippen LogP contribution in [0.15, 0.2) is 22.1 Å². The van der Waals surface area contributed by atoms with Gasteiger partial charge in [0.05, 0.1) is 13.2 Å². The molecule has 19 heavy (non-hydrogen) atoms. The van der Waals surface area contributed by atoms with Crippen molar-refractivity contribution in [1.29, 1.82) is 0 Å². The molecule has 0 atom stereocenters. The van der Waals surface area contributed by atoms with Crippen molar-refractivity contribution in [3.05, 3.63) is 33.8 Å². The molecule has 0 radical (unpaired) electrons. The van der Waals surface area contributed by atoms with Crippen molar-refractivity contribution in [3.63, 3.8) is 0 Å². The Morgan fingerprint density at radius 2 is 2.37 bits per heavy atom. The molecule has 0 aromatic carbocycles. The van der Waals surface area contributed by atoms with E-state index < -0.39 is 5.97 Å². The molecule has 0 bridgehead atoms. The molecule has 2 rings (SSSR count). The Bertz CT molecular complexity index is 548. The van der Waals surface area contributed by atoms with E-state index in [0.717, 1.165) is 6.42 Å². The quantitative estimate of drug-likeness (QED) is 0.824. The van der Waals surface area contributed by atoms with Gasteiger partial charge in [-0.1, -0.05) is 6.92 Å². The molecule has 0 amide bonds. The standard InChI is InChI=1S/C13H16N2O3S/c1-3-9-5-6-19-11(9)7-14-13-15-10(8-18-13)12(16)17-4-2/h5-6,8H,3-4,7H2,1-2H3,(H,14,15). The van der Waals surface area contributed by atoms with Gasteiger partial charge in [-0.25, -0.2) is 4.79 Å². The van der Waals surface area contributed by atoms with E-state index in [1.54, 1.807) is 18.3 Å². The van der Waals surface area contributed by atoms with E-state index in [9.17, 15) is 4.79 Å². The summed E-state index contributed by atoms with van der Waals surface area (Å²) in [5.41, 5.74) is 1.50. The second-order valence-electron chi connectivity index (χ2n) is 3.83. The molecule has 0 unspecified atom stereocenters. The van der Waals surface area contributed by atoms with Gasteiger partial charge in [-0.2, -0.15) is 4.98 Å². The first-order valence-corrected chi connectivity index (χ1v) is 7.04. The summed E-state index contributed by atoms with van der Waals surface area (Å²) in [4.78, 5) is 16.7. The molecular formula is C13H16N2O3S. The normalized spacial score (nSPS) is 10.4. The second kappa shape index (κ2) is 6.38. The van der Waals surface area contributed by atoms with Crippen LogP contribution in [-0.2, 0) is 17.7 Å². The number of anilines is 1. The average Bonchev–Trinajstić information content (AvgIpc) is 3.05. The van der Waals surface area contributed by atoms with Gasteiger partial charge in [0.1, 0.15) is 6.26 Å². The van der Waals surface area contributed by atoms with Crippen molar-refractivity contribution in [2.75, 3.05) is 11.9 Å². The summed E-state index contributed by atoms with van der Waals surface area (Å²) in [6.07, 6.45) is 2.30. The summed E-state index contributed by atoms with van der Waals surface area (Å²) in [6, 6.07) is 2.44. The fourth-order valence-electron chi connectivity index (χ4n) is 1.65. The van der Waals surface area contributed by atoms with Gasteiger partial charge in [-0.05, 0) is 30.4 Å². The smallest absolute Gasteiger partial charge is 0.360 e. The van der Waals surface area contributed by atoms with E-state index in [1.807, 2.05) is 0 Å². The predicted octanol–water partition coefficient (Wildman–Crippen LogP) is 3.09. The lowest BCUT2D eigenvalue weighted by molar-refractivity contribution is 0.0519. The Morgan fingerprint density at radius 3 is 3.11 bits per heavy atom. The molecule has 1 N–H and O–H groups in total. The third-order valence-electron chi connectivity index (χ3n) is 2.61. The Morgan fingerprint density at radius 1 is 1.53 bits per heavy atom. The number of carbonyl (C=O) groups excluding carboxylic acids is 1. The van der Waals surface area contributed by atoms with E-state index >= 15 is 0 Å². The lowest BCUT2D eigenvalue weighted by Gasteiger charge is -2.01. The van der Waals surface area contributed by atoms with Crippen LogP contribution in [0.4, 0.5) is 6.01 Å². The third-order valence-corrected chi connectivity index (χ3v) is 3.57. The van der Waals surface area contributed by atoms with Crippen LogP contribution < -0.4 is 5.32 Å². The molecule has 0 aliphatic heterocycles. The molecule has 2 aromatic rings. The van der Waals surface area contributed by atoms with E-state index in [2.05, 4.69) is 28.7 Å². The van der Waals surface area contributed by atoms with E-state index in [-0.39, 0.29) is 5.69 Å². The highest BCUT2D eigenvalue weighted by molar-refractivity contribution is 7.10. The zero-order valence-electron chi connectivity index (χ0n) is 10.9. The highest BCUT2D eigenvalue weighted by Gasteiger charge is 2.13.